The van der Waals surface area contributed by atoms with Crippen LogP contribution in [0.25, 0.3) is 0 Å². The van der Waals surface area contributed by atoms with E-state index in [2.05, 4.69) is 5.32 Å². The smallest absolute Gasteiger partial charge is 0.419 e. The number of benzene rings is 1. The first-order valence-electron chi connectivity index (χ1n) is 8.78. The van der Waals surface area contributed by atoms with E-state index in [9.17, 15) is 22.8 Å². The van der Waals surface area contributed by atoms with Crippen LogP contribution in [-0.4, -0.2) is 28.9 Å². The van der Waals surface area contributed by atoms with E-state index in [0.29, 0.717) is 0 Å². The molecule has 0 heterocycles. The molecule has 2 atom stereocenters. The van der Waals surface area contributed by atoms with Crippen molar-refractivity contribution in [2.24, 2.45) is 0 Å². The summed E-state index contributed by atoms with van der Waals surface area (Å²) in [5.41, 5.74) is -1.64. The first kappa shape index (κ1) is 23.6. The molecule has 0 saturated carbocycles. The van der Waals surface area contributed by atoms with E-state index in [1.54, 1.807) is 20.8 Å². The van der Waals surface area contributed by atoms with Crippen LogP contribution in [0.4, 0.5) is 18.0 Å². The average Bonchev–Trinajstić information content (AvgIpc) is 2.49. The number of carbonyl (C=O) groups is 2. The molecule has 9 heteroatoms. The van der Waals surface area contributed by atoms with Gasteiger partial charge in [-0.3, -0.25) is 4.79 Å². The number of carbonyl (C=O) groups excluding carboxylic acids is 1. The molecule has 1 aromatic rings. The van der Waals surface area contributed by atoms with Crippen LogP contribution in [0.2, 0.25) is 0 Å². The normalized spacial score (nSPS) is 14.1. The molecule has 0 aliphatic heterocycles. The second-order valence-corrected chi connectivity index (χ2v) is 7.45. The molecule has 158 valence electrons. The predicted octanol–water partition coefficient (Wildman–Crippen LogP) is 4.92. The minimum absolute atomic E-state index is 0.0365. The van der Waals surface area contributed by atoms with E-state index in [4.69, 9.17) is 14.6 Å². The van der Waals surface area contributed by atoms with Crippen LogP contribution in [0.1, 0.15) is 64.6 Å². The number of aliphatic carboxylic acids is 1. The summed E-state index contributed by atoms with van der Waals surface area (Å²) in [6, 6.07) is 2.68. The number of hydrogen-bond donors (Lipinski definition) is 2. The highest BCUT2D eigenvalue weighted by Crippen LogP contribution is 2.40. The monoisotopic (exact) mass is 405 g/mol. The highest BCUT2D eigenvalue weighted by Gasteiger charge is 2.36. The summed E-state index contributed by atoms with van der Waals surface area (Å²) in [5.74, 6) is -1.50. The maximum Gasteiger partial charge on any atom is 0.419 e. The van der Waals surface area contributed by atoms with Gasteiger partial charge < -0.3 is 19.9 Å². The topological polar surface area (TPSA) is 84.9 Å². The van der Waals surface area contributed by atoms with Crippen molar-refractivity contribution in [2.45, 2.75) is 71.4 Å². The molecular formula is C19H26F3NO5. The Kier molecular flexibility index (Phi) is 7.72. The summed E-state index contributed by atoms with van der Waals surface area (Å²) >= 11 is 0. The molecule has 0 aliphatic carbocycles. The Hall–Kier alpha value is -2.45. The quantitative estimate of drug-likeness (QED) is 0.672. The summed E-state index contributed by atoms with van der Waals surface area (Å²) in [7, 11) is 0. The van der Waals surface area contributed by atoms with E-state index < -0.39 is 47.3 Å². The van der Waals surface area contributed by atoms with Crippen LogP contribution in [0.5, 0.6) is 5.75 Å². The first-order chi connectivity index (χ1) is 12.7. The Labute approximate surface area is 162 Å². The van der Waals surface area contributed by atoms with Gasteiger partial charge in [-0.25, -0.2) is 4.79 Å². The zero-order chi connectivity index (χ0) is 21.7. The maximum absolute atomic E-state index is 13.5. The molecule has 28 heavy (non-hydrogen) atoms. The standard InChI is InChI=1S/C19H26F3NO5/c1-11(9-10-15(24)25)27-16-13(7-6-8-14(16)19(20,21)22)12(2)23-17(26)28-18(3,4)5/h6-8,11-12H,9-10H2,1-5H3,(H,23,26)(H,24,25)/t11-,12-/m1/s1. The molecule has 0 aliphatic rings. The zero-order valence-corrected chi connectivity index (χ0v) is 16.5. The number of hydrogen-bond acceptors (Lipinski definition) is 4. The van der Waals surface area contributed by atoms with Gasteiger partial charge in [0.1, 0.15) is 11.4 Å². The van der Waals surface area contributed by atoms with Crippen LogP contribution < -0.4 is 10.1 Å². The van der Waals surface area contributed by atoms with Gasteiger partial charge in [0.2, 0.25) is 0 Å². The van der Waals surface area contributed by atoms with Gasteiger partial charge in [-0.15, -0.1) is 0 Å². The molecule has 0 saturated heterocycles. The van der Waals surface area contributed by atoms with E-state index in [1.807, 2.05) is 0 Å². The maximum atomic E-state index is 13.5. The van der Waals surface area contributed by atoms with Crippen LogP contribution in [0.3, 0.4) is 0 Å². The number of alkyl halides is 3. The molecule has 2 N–H and O–H groups in total. The largest absolute Gasteiger partial charge is 0.490 e. The van der Waals surface area contributed by atoms with Gasteiger partial charge in [-0.2, -0.15) is 13.2 Å². The minimum Gasteiger partial charge on any atom is -0.490 e. The number of alkyl carbamates (subject to hydrolysis) is 1. The number of halogens is 3. The summed E-state index contributed by atoms with van der Waals surface area (Å²) in [6.07, 6.45) is -6.43. The molecular weight excluding hydrogens is 379 g/mol. The van der Waals surface area contributed by atoms with E-state index >= 15 is 0 Å². The fraction of sp³-hybridized carbons (Fsp3) is 0.579. The third kappa shape index (κ3) is 7.66. The molecule has 1 rings (SSSR count). The highest BCUT2D eigenvalue weighted by molar-refractivity contribution is 5.68. The summed E-state index contributed by atoms with van der Waals surface area (Å²) in [4.78, 5) is 22.7. The second kappa shape index (κ2) is 9.16. The van der Waals surface area contributed by atoms with Crippen molar-refractivity contribution >= 4 is 12.1 Å². The Balaban J connectivity index is 3.16. The Morgan fingerprint density at radius 2 is 1.79 bits per heavy atom. The van der Waals surface area contributed by atoms with Crippen LogP contribution in [-0.2, 0) is 15.7 Å². The Bertz CT molecular complexity index is 698. The number of para-hydroxylation sites is 1. The average molecular weight is 405 g/mol. The number of ether oxygens (including phenoxy) is 2. The lowest BCUT2D eigenvalue weighted by Gasteiger charge is -2.25. The van der Waals surface area contributed by atoms with E-state index in [1.165, 1.54) is 26.0 Å². The molecule has 0 bridgehead atoms. The predicted molar refractivity (Wildman–Crippen MR) is 96.2 cm³/mol. The summed E-state index contributed by atoms with van der Waals surface area (Å²) in [5, 5.41) is 11.2. The van der Waals surface area contributed by atoms with Crippen LogP contribution in [0.15, 0.2) is 18.2 Å². The van der Waals surface area contributed by atoms with Gasteiger partial charge in [0.25, 0.3) is 0 Å². The summed E-state index contributed by atoms with van der Waals surface area (Å²) < 4.78 is 51.0. The first-order valence-corrected chi connectivity index (χ1v) is 8.78. The van der Waals surface area contributed by atoms with Gasteiger partial charge in [0.05, 0.1) is 17.7 Å². The van der Waals surface area contributed by atoms with Gasteiger partial charge in [0.15, 0.2) is 0 Å². The van der Waals surface area contributed by atoms with Gasteiger partial charge >= 0.3 is 18.2 Å². The van der Waals surface area contributed by atoms with Gasteiger partial charge in [-0.1, -0.05) is 12.1 Å². The molecule has 0 fully saturated rings. The molecule has 0 spiro atoms. The fourth-order valence-electron chi connectivity index (χ4n) is 2.40. The Morgan fingerprint density at radius 3 is 2.29 bits per heavy atom. The molecule has 1 amide bonds. The van der Waals surface area contributed by atoms with Crippen molar-refractivity contribution in [3.8, 4) is 5.75 Å². The second-order valence-electron chi connectivity index (χ2n) is 7.45. The van der Waals surface area contributed by atoms with E-state index in [-0.39, 0.29) is 18.4 Å². The van der Waals surface area contributed by atoms with Crippen LogP contribution >= 0.6 is 0 Å². The highest BCUT2D eigenvalue weighted by atomic mass is 19.4. The number of amides is 1. The van der Waals surface area contributed by atoms with Crippen molar-refractivity contribution < 1.29 is 37.3 Å². The third-order valence-electron chi connectivity index (χ3n) is 3.63. The Morgan fingerprint density at radius 1 is 1.18 bits per heavy atom. The van der Waals surface area contributed by atoms with Crippen molar-refractivity contribution in [1.82, 2.24) is 5.32 Å². The summed E-state index contributed by atoms with van der Waals surface area (Å²) in [6.45, 7) is 8.00. The van der Waals surface area contributed by atoms with Crippen molar-refractivity contribution in [3.05, 3.63) is 29.3 Å². The number of carboxylic acid groups (broad SMARTS) is 1. The lowest BCUT2D eigenvalue weighted by Crippen LogP contribution is -2.34. The lowest BCUT2D eigenvalue weighted by molar-refractivity contribution is -0.140. The van der Waals surface area contributed by atoms with E-state index in [0.717, 1.165) is 6.07 Å². The lowest BCUT2D eigenvalue weighted by atomic mass is 10.0. The van der Waals surface area contributed by atoms with Crippen molar-refractivity contribution in [2.75, 3.05) is 0 Å². The minimum atomic E-state index is -4.68. The SMILES string of the molecule is C[C@H](CCC(=O)O)Oc1c([C@@H](C)NC(=O)OC(C)(C)C)cccc1C(F)(F)F. The van der Waals surface area contributed by atoms with Crippen molar-refractivity contribution in [1.29, 1.82) is 0 Å². The number of rotatable bonds is 7. The number of carboxylic acids is 1. The van der Waals surface area contributed by atoms with Crippen molar-refractivity contribution in [3.63, 3.8) is 0 Å². The van der Waals surface area contributed by atoms with Gasteiger partial charge in [0, 0.05) is 12.0 Å². The molecule has 1 aromatic carbocycles. The zero-order valence-electron chi connectivity index (χ0n) is 16.5. The molecule has 6 nitrogen and oxygen atoms in total. The fourth-order valence-corrected chi connectivity index (χ4v) is 2.40. The number of nitrogens with one attached hydrogen (secondary N) is 1. The molecule has 0 radical (unpaired) electrons. The van der Waals surface area contributed by atoms with Crippen LogP contribution in [0, 0.1) is 0 Å². The molecule has 0 unspecified atom stereocenters. The van der Waals surface area contributed by atoms with Gasteiger partial charge in [-0.05, 0) is 47.1 Å². The molecule has 0 aromatic heterocycles. The third-order valence-corrected chi connectivity index (χ3v) is 3.63.